The van der Waals surface area contributed by atoms with Crippen molar-refractivity contribution in [1.82, 2.24) is 20.0 Å². The topological polar surface area (TPSA) is 60.4 Å². The SMILES string of the molecule is CCNC(=NCC(C)N(CC)CC)N1CCN(C(=O)C2CCCO2)CC1.I. The molecule has 2 aliphatic heterocycles. The van der Waals surface area contributed by atoms with Crippen molar-refractivity contribution in [3.8, 4) is 0 Å². The molecule has 7 nitrogen and oxygen atoms in total. The van der Waals surface area contributed by atoms with E-state index in [4.69, 9.17) is 9.73 Å². The lowest BCUT2D eigenvalue weighted by atomic mass is 10.2. The number of likely N-dealkylation sites (N-methyl/N-ethyl adjacent to an activating group) is 1. The number of ether oxygens (including phenoxy) is 1. The van der Waals surface area contributed by atoms with E-state index < -0.39 is 0 Å². The molecular formula is C19H38IN5O2. The van der Waals surface area contributed by atoms with E-state index in [-0.39, 0.29) is 36.0 Å². The van der Waals surface area contributed by atoms with E-state index in [1.54, 1.807) is 0 Å². The highest BCUT2D eigenvalue weighted by Gasteiger charge is 2.30. The molecule has 1 N–H and O–H groups in total. The monoisotopic (exact) mass is 495 g/mol. The molecule has 27 heavy (non-hydrogen) atoms. The van der Waals surface area contributed by atoms with Gasteiger partial charge >= 0.3 is 0 Å². The number of halogens is 1. The molecule has 2 rings (SSSR count). The minimum Gasteiger partial charge on any atom is -0.368 e. The number of hydrogen-bond acceptors (Lipinski definition) is 4. The summed E-state index contributed by atoms with van der Waals surface area (Å²) in [5.41, 5.74) is 0. The van der Waals surface area contributed by atoms with Gasteiger partial charge in [0.1, 0.15) is 6.10 Å². The zero-order valence-corrected chi connectivity index (χ0v) is 19.8. The number of nitrogens with zero attached hydrogens (tertiary/aromatic N) is 4. The van der Waals surface area contributed by atoms with Crippen LogP contribution < -0.4 is 5.32 Å². The number of carbonyl (C=O) groups excluding carboxylic acids is 1. The summed E-state index contributed by atoms with van der Waals surface area (Å²) in [5.74, 6) is 1.13. The van der Waals surface area contributed by atoms with Crippen molar-refractivity contribution in [2.75, 3.05) is 59.0 Å². The smallest absolute Gasteiger partial charge is 0.251 e. The van der Waals surface area contributed by atoms with Crippen molar-refractivity contribution in [1.29, 1.82) is 0 Å². The van der Waals surface area contributed by atoms with Crippen LogP contribution in [0, 0.1) is 0 Å². The molecule has 2 aliphatic rings. The average Bonchev–Trinajstić information content (AvgIpc) is 3.20. The maximum absolute atomic E-state index is 12.5. The number of guanidine groups is 1. The fraction of sp³-hybridized carbons (Fsp3) is 0.895. The molecule has 2 atom stereocenters. The maximum Gasteiger partial charge on any atom is 0.251 e. The van der Waals surface area contributed by atoms with Crippen molar-refractivity contribution < 1.29 is 9.53 Å². The second-order valence-electron chi connectivity index (χ2n) is 7.08. The normalized spacial score (nSPS) is 22.0. The largest absolute Gasteiger partial charge is 0.368 e. The summed E-state index contributed by atoms with van der Waals surface area (Å²) in [6, 6.07) is 0.432. The Morgan fingerprint density at radius 3 is 2.33 bits per heavy atom. The van der Waals surface area contributed by atoms with Crippen LogP contribution in [0.15, 0.2) is 4.99 Å². The summed E-state index contributed by atoms with van der Waals surface area (Å²) < 4.78 is 5.54. The van der Waals surface area contributed by atoms with Crippen molar-refractivity contribution in [2.24, 2.45) is 4.99 Å². The van der Waals surface area contributed by atoms with Crippen molar-refractivity contribution in [3.63, 3.8) is 0 Å². The van der Waals surface area contributed by atoms with Crippen LogP contribution in [0.3, 0.4) is 0 Å². The van der Waals surface area contributed by atoms with Crippen molar-refractivity contribution in [2.45, 2.75) is 52.7 Å². The van der Waals surface area contributed by atoms with Gasteiger partial charge in [0.15, 0.2) is 5.96 Å². The zero-order chi connectivity index (χ0) is 18.9. The third-order valence-electron chi connectivity index (χ3n) is 5.37. The van der Waals surface area contributed by atoms with Gasteiger partial charge in [-0.25, -0.2) is 0 Å². The molecule has 8 heteroatoms. The average molecular weight is 495 g/mol. The minimum absolute atomic E-state index is 0. The Kier molecular flexibility index (Phi) is 11.6. The Labute approximate surface area is 181 Å². The van der Waals surface area contributed by atoms with E-state index in [0.717, 1.165) is 77.8 Å². The van der Waals surface area contributed by atoms with E-state index in [1.807, 2.05) is 4.90 Å². The highest BCUT2D eigenvalue weighted by Crippen LogP contribution is 2.16. The first kappa shape index (κ1) is 24.4. The van der Waals surface area contributed by atoms with Gasteiger partial charge in [-0.2, -0.15) is 0 Å². The van der Waals surface area contributed by atoms with E-state index in [9.17, 15) is 4.79 Å². The van der Waals surface area contributed by atoms with Crippen LogP contribution in [0.25, 0.3) is 0 Å². The van der Waals surface area contributed by atoms with Crippen LogP contribution in [0.1, 0.15) is 40.5 Å². The summed E-state index contributed by atoms with van der Waals surface area (Å²) in [4.78, 5) is 24.0. The van der Waals surface area contributed by atoms with Crippen LogP contribution in [0.2, 0.25) is 0 Å². The van der Waals surface area contributed by atoms with Gasteiger partial charge in [-0.3, -0.25) is 14.7 Å². The van der Waals surface area contributed by atoms with E-state index in [0.29, 0.717) is 6.04 Å². The summed E-state index contributed by atoms with van der Waals surface area (Å²) >= 11 is 0. The number of amides is 1. The Bertz CT molecular complexity index is 459. The summed E-state index contributed by atoms with van der Waals surface area (Å²) in [5, 5.41) is 3.41. The molecule has 0 spiro atoms. The molecular weight excluding hydrogens is 457 g/mol. The quantitative estimate of drug-likeness (QED) is 0.331. The Hall–Kier alpha value is -0.610. The van der Waals surface area contributed by atoms with Gasteiger partial charge in [0.2, 0.25) is 0 Å². The van der Waals surface area contributed by atoms with Crippen LogP contribution in [-0.2, 0) is 9.53 Å². The van der Waals surface area contributed by atoms with Crippen LogP contribution in [0.4, 0.5) is 0 Å². The number of carbonyl (C=O) groups is 1. The van der Waals surface area contributed by atoms with E-state index in [2.05, 4.69) is 42.8 Å². The third-order valence-corrected chi connectivity index (χ3v) is 5.37. The fourth-order valence-corrected chi connectivity index (χ4v) is 3.72. The second kappa shape index (κ2) is 12.8. The fourth-order valence-electron chi connectivity index (χ4n) is 3.72. The molecule has 2 fully saturated rings. The molecule has 158 valence electrons. The highest BCUT2D eigenvalue weighted by atomic mass is 127. The van der Waals surface area contributed by atoms with Crippen LogP contribution in [-0.4, -0.2) is 97.7 Å². The van der Waals surface area contributed by atoms with Gasteiger partial charge in [0, 0.05) is 45.4 Å². The second-order valence-corrected chi connectivity index (χ2v) is 7.08. The molecule has 0 aromatic carbocycles. The van der Waals surface area contributed by atoms with Gasteiger partial charge in [0.25, 0.3) is 5.91 Å². The first-order chi connectivity index (χ1) is 12.6. The number of rotatable bonds is 7. The lowest BCUT2D eigenvalue weighted by Crippen LogP contribution is -2.55. The van der Waals surface area contributed by atoms with E-state index in [1.165, 1.54) is 0 Å². The van der Waals surface area contributed by atoms with Gasteiger partial charge in [-0.15, -0.1) is 24.0 Å². The number of nitrogens with one attached hydrogen (secondary N) is 1. The first-order valence-electron chi connectivity index (χ1n) is 10.3. The maximum atomic E-state index is 12.5. The predicted octanol–water partition coefficient (Wildman–Crippen LogP) is 1.62. The van der Waals surface area contributed by atoms with Gasteiger partial charge < -0.3 is 19.9 Å². The molecule has 0 aromatic rings. The standard InChI is InChI=1S/C19H37N5O2.HI/c1-5-20-19(21-15-16(4)22(6-2)7-3)24-12-10-23(11-13-24)18(25)17-9-8-14-26-17;/h16-17H,5-15H2,1-4H3,(H,20,21);1H. The molecule has 2 unspecified atom stereocenters. The molecule has 1 amide bonds. The summed E-state index contributed by atoms with van der Waals surface area (Å²) in [7, 11) is 0. The molecule has 0 saturated carbocycles. The predicted molar refractivity (Wildman–Crippen MR) is 121 cm³/mol. The lowest BCUT2D eigenvalue weighted by molar-refractivity contribution is -0.142. The minimum atomic E-state index is -0.210. The Morgan fingerprint density at radius 1 is 1.19 bits per heavy atom. The van der Waals surface area contributed by atoms with E-state index >= 15 is 0 Å². The first-order valence-corrected chi connectivity index (χ1v) is 10.3. The van der Waals surface area contributed by atoms with Crippen molar-refractivity contribution >= 4 is 35.8 Å². The molecule has 0 aromatic heterocycles. The van der Waals surface area contributed by atoms with Crippen LogP contribution in [0.5, 0.6) is 0 Å². The number of piperazine rings is 1. The number of aliphatic imine (C=N–C) groups is 1. The lowest BCUT2D eigenvalue weighted by Gasteiger charge is -2.37. The number of hydrogen-bond donors (Lipinski definition) is 1. The third kappa shape index (κ3) is 7.05. The Balaban J connectivity index is 0.00000364. The van der Waals surface area contributed by atoms with Crippen molar-refractivity contribution in [3.05, 3.63) is 0 Å². The highest BCUT2D eigenvalue weighted by molar-refractivity contribution is 14.0. The van der Waals surface area contributed by atoms with Crippen LogP contribution >= 0.6 is 24.0 Å². The molecule has 0 bridgehead atoms. The van der Waals surface area contributed by atoms with Gasteiger partial charge in [0.05, 0.1) is 6.54 Å². The van der Waals surface area contributed by atoms with Gasteiger partial charge in [-0.1, -0.05) is 13.8 Å². The molecule has 2 saturated heterocycles. The molecule has 2 heterocycles. The Morgan fingerprint density at radius 2 is 1.81 bits per heavy atom. The molecule has 0 aliphatic carbocycles. The zero-order valence-electron chi connectivity index (χ0n) is 17.4. The van der Waals surface area contributed by atoms with Gasteiger partial charge in [-0.05, 0) is 39.8 Å². The molecule has 0 radical (unpaired) electrons. The summed E-state index contributed by atoms with van der Waals surface area (Å²) in [6.45, 7) is 16.3. The summed E-state index contributed by atoms with van der Waals surface area (Å²) in [6.07, 6.45) is 1.66.